The number of hydrogen-bond donors (Lipinski definition) is 1. The first-order valence-electron chi connectivity index (χ1n) is 8.97. The first kappa shape index (κ1) is 15.8. The molecule has 24 heavy (non-hydrogen) atoms. The fraction of sp³-hybridized carbons (Fsp3) is 0.706. The van der Waals surface area contributed by atoms with Gasteiger partial charge in [-0.2, -0.15) is 0 Å². The Kier molecular flexibility index (Phi) is 4.62. The van der Waals surface area contributed by atoms with Crippen molar-refractivity contribution in [2.75, 3.05) is 51.3 Å². The molecule has 2 aliphatic heterocycles. The molecule has 0 radical (unpaired) electrons. The van der Waals surface area contributed by atoms with Crippen molar-refractivity contribution in [3.8, 4) is 0 Å². The van der Waals surface area contributed by atoms with Gasteiger partial charge in [0.05, 0.1) is 25.5 Å². The lowest BCUT2D eigenvalue weighted by Crippen LogP contribution is -2.39. The number of rotatable bonds is 5. The quantitative estimate of drug-likeness (QED) is 0.848. The molecule has 1 aliphatic carbocycles. The number of ether oxygens (including phenoxy) is 1. The Balaban J connectivity index is 1.35. The van der Waals surface area contributed by atoms with E-state index in [9.17, 15) is 4.79 Å². The van der Waals surface area contributed by atoms with E-state index in [4.69, 9.17) is 4.74 Å². The number of aromatic nitrogens is 2. The predicted molar refractivity (Wildman–Crippen MR) is 89.6 cm³/mol. The number of hydrogen-bond acceptors (Lipinski definition) is 6. The summed E-state index contributed by atoms with van der Waals surface area (Å²) in [5.41, 5.74) is 2.18. The van der Waals surface area contributed by atoms with Crippen LogP contribution in [0, 0.1) is 5.92 Å². The SMILES string of the molecule is O=C(C1CC1)N1CCc2c(ncnc2NCCN2CCOCC2)C1. The third-order valence-electron chi connectivity index (χ3n) is 5.07. The molecule has 0 spiro atoms. The minimum Gasteiger partial charge on any atom is -0.379 e. The molecule has 0 bridgehead atoms. The molecule has 1 saturated heterocycles. The average Bonchev–Trinajstić information content (AvgIpc) is 3.47. The molecule has 130 valence electrons. The highest BCUT2D eigenvalue weighted by Gasteiger charge is 2.35. The Morgan fingerprint density at radius 1 is 1.25 bits per heavy atom. The minimum atomic E-state index is 0.277. The third-order valence-corrected chi connectivity index (χ3v) is 5.07. The van der Waals surface area contributed by atoms with Crippen LogP contribution in [0.2, 0.25) is 0 Å². The molecule has 3 aliphatic rings. The second-order valence-electron chi connectivity index (χ2n) is 6.81. The van der Waals surface area contributed by atoms with Crippen LogP contribution in [-0.4, -0.2) is 71.6 Å². The van der Waals surface area contributed by atoms with Gasteiger partial charge in [0.25, 0.3) is 0 Å². The lowest BCUT2D eigenvalue weighted by Gasteiger charge is -2.29. The number of nitrogens with one attached hydrogen (secondary N) is 1. The van der Waals surface area contributed by atoms with Crippen LogP contribution in [0.25, 0.3) is 0 Å². The van der Waals surface area contributed by atoms with Crippen molar-refractivity contribution >= 4 is 11.7 Å². The van der Waals surface area contributed by atoms with Gasteiger partial charge in [0.1, 0.15) is 12.1 Å². The van der Waals surface area contributed by atoms with E-state index in [0.29, 0.717) is 12.5 Å². The van der Waals surface area contributed by atoms with Crippen LogP contribution in [0.3, 0.4) is 0 Å². The normalized spacial score (nSPS) is 21.4. The number of anilines is 1. The van der Waals surface area contributed by atoms with Crippen LogP contribution in [0.4, 0.5) is 5.82 Å². The number of fused-ring (bicyclic) bond motifs is 1. The van der Waals surface area contributed by atoms with E-state index in [1.165, 1.54) is 5.56 Å². The molecule has 0 aromatic carbocycles. The number of amides is 1. The molecule has 7 nitrogen and oxygen atoms in total. The summed E-state index contributed by atoms with van der Waals surface area (Å²) in [6, 6.07) is 0. The number of morpholine rings is 1. The summed E-state index contributed by atoms with van der Waals surface area (Å²) >= 11 is 0. The average molecular weight is 331 g/mol. The molecule has 2 fully saturated rings. The highest BCUT2D eigenvalue weighted by atomic mass is 16.5. The highest BCUT2D eigenvalue weighted by molar-refractivity contribution is 5.81. The van der Waals surface area contributed by atoms with Crippen molar-refractivity contribution in [2.24, 2.45) is 5.92 Å². The molecule has 0 unspecified atom stereocenters. The van der Waals surface area contributed by atoms with E-state index >= 15 is 0 Å². The van der Waals surface area contributed by atoms with Crippen molar-refractivity contribution in [1.29, 1.82) is 0 Å². The third kappa shape index (κ3) is 3.52. The van der Waals surface area contributed by atoms with Gasteiger partial charge in [0.2, 0.25) is 5.91 Å². The maximum absolute atomic E-state index is 12.3. The van der Waals surface area contributed by atoms with Crippen molar-refractivity contribution in [3.05, 3.63) is 17.6 Å². The fourth-order valence-corrected chi connectivity index (χ4v) is 3.44. The molecular formula is C17H25N5O2. The minimum absolute atomic E-state index is 0.277. The van der Waals surface area contributed by atoms with Crippen molar-refractivity contribution in [3.63, 3.8) is 0 Å². The van der Waals surface area contributed by atoms with Crippen LogP contribution in [0.15, 0.2) is 6.33 Å². The van der Waals surface area contributed by atoms with E-state index < -0.39 is 0 Å². The first-order valence-corrected chi connectivity index (χ1v) is 8.97. The zero-order chi connectivity index (χ0) is 16.4. The van der Waals surface area contributed by atoms with Gasteiger partial charge in [-0.15, -0.1) is 0 Å². The van der Waals surface area contributed by atoms with Crippen molar-refractivity contribution in [1.82, 2.24) is 19.8 Å². The maximum Gasteiger partial charge on any atom is 0.226 e. The molecule has 3 heterocycles. The number of carbonyl (C=O) groups excluding carboxylic acids is 1. The van der Waals surface area contributed by atoms with Crippen LogP contribution < -0.4 is 5.32 Å². The summed E-state index contributed by atoms with van der Waals surface area (Å²) in [5, 5.41) is 3.46. The van der Waals surface area contributed by atoms with Gasteiger partial charge < -0.3 is 15.0 Å². The molecule has 1 N–H and O–H groups in total. The van der Waals surface area contributed by atoms with E-state index in [1.807, 2.05) is 4.90 Å². The highest BCUT2D eigenvalue weighted by Crippen LogP contribution is 2.33. The Labute approximate surface area is 142 Å². The zero-order valence-corrected chi connectivity index (χ0v) is 14.0. The Bertz CT molecular complexity index is 599. The van der Waals surface area contributed by atoms with Crippen LogP contribution in [0.5, 0.6) is 0 Å². The summed E-state index contributed by atoms with van der Waals surface area (Å²) < 4.78 is 5.37. The second kappa shape index (κ2) is 7.03. The summed E-state index contributed by atoms with van der Waals surface area (Å²) in [6.45, 7) is 6.94. The topological polar surface area (TPSA) is 70.6 Å². The monoisotopic (exact) mass is 331 g/mol. The number of nitrogens with zero attached hydrogens (tertiary/aromatic N) is 4. The van der Waals surface area contributed by atoms with E-state index in [2.05, 4.69) is 20.2 Å². The molecule has 1 aromatic rings. The second-order valence-corrected chi connectivity index (χ2v) is 6.81. The number of carbonyl (C=O) groups is 1. The first-order chi connectivity index (χ1) is 11.8. The predicted octanol–water partition coefficient (Wildman–Crippen LogP) is 0.515. The van der Waals surface area contributed by atoms with Gasteiger partial charge in [-0.05, 0) is 19.3 Å². The Morgan fingerprint density at radius 3 is 2.88 bits per heavy atom. The Morgan fingerprint density at radius 2 is 2.08 bits per heavy atom. The summed E-state index contributed by atoms with van der Waals surface area (Å²) in [7, 11) is 0. The van der Waals surface area contributed by atoms with Gasteiger partial charge in [-0.3, -0.25) is 9.69 Å². The lowest BCUT2D eigenvalue weighted by molar-refractivity contribution is -0.133. The van der Waals surface area contributed by atoms with Crippen LogP contribution in [0.1, 0.15) is 24.1 Å². The molecule has 1 aromatic heterocycles. The van der Waals surface area contributed by atoms with Crippen molar-refractivity contribution in [2.45, 2.75) is 25.8 Å². The fourth-order valence-electron chi connectivity index (χ4n) is 3.44. The van der Waals surface area contributed by atoms with Gasteiger partial charge in [-0.25, -0.2) is 9.97 Å². The van der Waals surface area contributed by atoms with Crippen molar-refractivity contribution < 1.29 is 9.53 Å². The Hall–Kier alpha value is -1.73. The molecule has 0 atom stereocenters. The summed E-state index contributed by atoms with van der Waals surface area (Å²) in [6.07, 6.45) is 4.57. The van der Waals surface area contributed by atoms with E-state index in [0.717, 1.165) is 76.7 Å². The maximum atomic E-state index is 12.3. The lowest BCUT2D eigenvalue weighted by atomic mass is 10.0. The largest absolute Gasteiger partial charge is 0.379 e. The standard InChI is InChI=1S/C17H25N5O2/c23-17(13-1-2-13)22-5-3-14-15(11-22)19-12-20-16(14)18-4-6-21-7-9-24-10-8-21/h12-13H,1-11H2,(H,18,19,20). The molecule has 7 heteroatoms. The van der Waals surface area contributed by atoms with Gasteiger partial charge in [-0.1, -0.05) is 0 Å². The summed E-state index contributed by atoms with van der Waals surface area (Å²) in [5.74, 6) is 1.52. The van der Waals surface area contributed by atoms with Gasteiger partial charge in [0, 0.05) is 44.2 Å². The zero-order valence-electron chi connectivity index (χ0n) is 14.0. The van der Waals surface area contributed by atoms with Gasteiger partial charge >= 0.3 is 0 Å². The van der Waals surface area contributed by atoms with E-state index in [1.54, 1.807) is 6.33 Å². The molecule has 4 rings (SSSR count). The van der Waals surface area contributed by atoms with E-state index in [-0.39, 0.29) is 5.92 Å². The van der Waals surface area contributed by atoms with Crippen LogP contribution >= 0.6 is 0 Å². The smallest absolute Gasteiger partial charge is 0.226 e. The van der Waals surface area contributed by atoms with Gasteiger partial charge in [0.15, 0.2) is 0 Å². The summed E-state index contributed by atoms with van der Waals surface area (Å²) in [4.78, 5) is 25.5. The molecule has 1 amide bonds. The molecular weight excluding hydrogens is 306 g/mol. The molecule has 1 saturated carbocycles. The van der Waals surface area contributed by atoms with Crippen LogP contribution in [-0.2, 0) is 22.5 Å².